The summed E-state index contributed by atoms with van der Waals surface area (Å²) >= 11 is 0. The molecule has 1 N–H and O–H groups in total. The number of imide groups is 1. The highest BCUT2D eigenvalue weighted by molar-refractivity contribution is 6.37. The molecule has 1 unspecified atom stereocenters. The summed E-state index contributed by atoms with van der Waals surface area (Å²) in [6.45, 7) is 3.68. The van der Waals surface area contributed by atoms with Crippen molar-refractivity contribution in [1.29, 1.82) is 0 Å². The molecule has 0 bridgehead atoms. The number of carbonyl (C=O) groups excluding carboxylic acids is 2. The molecule has 1 aromatic carbocycles. The number of benzene rings is 1. The molecule has 4 rings (SSSR count). The van der Waals surface area contributed by atoms with Crippen molar-refractivity contribution in [1.82, 2.24) is 4.57 Å². The first kappa shape index (κ1) is 31.7. The maximum atomic E-state index is 14.0. The van der Waals surface area contributed by atoms with Crippen LogP contribution in [0.1, 0.15) is 40.7 Å². The third-order valence-corrected chi connectivity index (χ3v) is 7.97. The van der Waals surface area contributed by atoms with Gasteiger partial charge in [0.05, 0.1) is 112 Å². The minimum Gasteiger partial charge on any atom is -0.860 e. The van der Waals surface area contributed by atoms with Crippen LogP contribution in [-0.4, -0.2) is 132 Å². The minimum atomic E-state index is -0.402. The van der Waals surface area contributed by atoms with E-state index in [0.29, 0.717) is 71.2 Å². The smallest absolute Gasteiger partial charge is 0.352 e. The van der Waals surface area contributed by atoms with Crippen LogP contribution in [0.25, 0.3) is 16.3 Å². The van der Waals surface area contributed by atoms with Gasteiger partial charge in [0.15, 0.2) is 0 Å². The van der Waals surface area contributed by atoms with Crippen molar-refractivity contribution in [2.24, 2.45) is 4.99 Å². The molecular formula is C32H49N6O4+3. The quantitative estimate of drug-likeness (QED) is 0.219. The second-order valence-corrected chi connectivity index (χ2v) is 14.9. The minimum absolute atomic E-state index is 0.269. The van der Waals surface area contributed by atoms with Crippen molar-refractivity contribution in [2.75, 3.05) is 96.2 Å². The van der Waals surface area contributed by atoms with Gasteiger partial charge in [-0.15, -0.1) is 0 Å². The zero-order valence-corrected chi connectivity index (χ0v) is 27.0. The van der Waals surface area contributed by atoms with Crippen molar-refractivity contribution < 1.29 is 33.0 Å². The Bertz CT molecular complexity index is 1530. The monoisotopic (exact) mass is 581 g/mol. The van der Waals surface area contributed by atoms with Crippen LogP contribution in [0.3, 0.4) is 0 Å². The Morgan fingerprint density at radius 2 is 1.38 bits per heavy atom. The Morgan fingerprint density at radius 1 is 0.786 bits per heavy atom. The summed E-state index contributed by atoms with van der Waals surface area (Å²) in [6, 6.07) is 3.32. The number of aromatic nitrogens is 1. The lowest BCUT2D eigenvalue weighted by molar-refractivity contribution is -0.873. The largest absolute Gasteiger partial charge is 0.860 e. The summed E-state index contributed by atoms with van der Waals surface area (Å²) < 4.78 is 3.56. The van der Waals surface area contributed by atoms with Crippen molar-refractivity contribution >= 4 is 33.9 Å². The van der Waals surface area contributed by atoms with Gasteiger partial charge in [-0.05, 0) is 23.4 Å². The van der Waals surface area contributed by atoms with E-state index >= 15 is 0 Å². The van der Waals surface area contributed by atoms with Crippen LogP contribution < -0.4 is 15.6 Å². The van der Waals surface area contributed by atoms with E-state index in [1.54, 1.807) is 18.2 Å². The number of hydrogen-bond acceptors (Lipinski definition) is 5. The van der Waals surface area contributed by atoms with E-state index in [0.717, 1.165) is 39.5 Å². The third-order valence-electron chi connectivity index (χ3n) is 7.97. The predicted octanol–water partition coefficient (Wildman–Crippen LogP) is 0.115. The molecule has 0 saturated heterocycles. The number of pyridine rings is 1. The fourth-order valence-corrected chi connectivity index (χ4v) is 5.85. The molecular weight excluding hydrogens is 532 g/mol. The lowest BCUT2D eigenvalue weighted by atomic mass is 9.81. The van der Waals surface area contributed by atoms with E-state index in [1.807, 2.05) is 0 Å². The average Bonchev–Trinajstić information content (AvgIpc) is 2.86. The van der Waals surface area contributed by atoms with E-state index in [1.165, 1.54) is 4.57 Å². The highest BCUT2D eigenvalue weighted by Gasteiger charge is 2.44. The fraction of sp³-hybridized carbons (Fsp3) is 0.562. The van der Waals surface area contributed by atoms with Gasteiger partial charge in [-0.3, -0.25) is 9.79 Å². The van der Waals surface area contributed by atoms with Gasteiger partial charge in [0.25, 0.3) is 5.56 Å². The van der Waals surface area contributed by atoms with Crippen molar-refractivity contribution in [2.45, 2.75) is 25.8 Å². The lowest BCUT2D eigenvalue weighted by Crippen LogP contribution is -3.18. The highest BCUT2D eigenvalue weighted by atomic mass is 16.3. The van der Waals surface area contributed by atoms with E-state index in [2.05, 4.69) is 63.4 Å². The first-order valence-electron chi connectivity index (χ1n) is 14.9. The van der Waals surface area contributed by atoms with Crippen LogP contribution in [-0.2, 0) is 11.3 Å². The van der Waals surface area contributed by atoms with Crippen LogP contribution in [0.4, 0.5) is 0 Å². The number of nitrogens with zero attached hydrogens (tertiary/aromatic N) is 5. The van der Waals surface area contributed by atoms with Gasteiger partial charge in [-0.1, -0.05) is 6.07 Å². The van der Waals surface area contributed by atoms with E-state index in [4.69, 9.17) is 4.99 Å². The van der Waals surface area contributed by atoms with Crippen LogP contribution in [0.5, 0.6) is 5.88 Å². The topological polar surface area (TPSA) is 96.0 Å². The summed E-state index contributed by atoms with van der Waals surface area (Å²) in [5.41, 5.74) is 1.54. The molecule has 2 heterocycles. The van der Waals surface area contributed by atoms with Crippen molar-refractivity contribution in [3.05, 3.63) is 45.3 Å². The molecule has 1 aromatic heterocycles. The lowest BCUT2D eigenvalue weighted by Gasteiger charge is -2.31. The van der Waals surface area contributed by atoms with Crippen molar-refractivity contribution in [3.63, 3.8) is 0 Å². The summed E-state index contributed by atoms with van der Waals surface area (Å²) in [6.07, 6.45) is 3.86. The zero-order chi connectivity index (χ0) is 31.2. The first-order chi connectivity index (χ1) is 19.4. The molecule has 42 heavy (non-hydrogen) atoms. The molecule has 10 nitrogen and oxygen atoms in total. The number of rotatable bonds is 12. The van der Waals surface area contributed by atoms with Crippen LogP contribution in [0.2, 0.25) is 0 Å². The molecule has 10 heteroatoms. The Morgan fingerprint density at radius 3 is 2.00 bits per heavy atom. The van der Waals surface area contributed by atoms with Crippen LogP contribution >= 0.6 is 0 Å². The molecule has 0 spiro atoms. The molecule has 1 atom stereocenters. The Labute approximate surface area is 249 Å². The number of aliphatic imine (C=N–C) groups is 1. The summed E-state index contributed by atoms with van der Waals surface area (Å²) in [5.74, 6) is -0.999. The van der Waals surface area contributed by atoms with E-state index < -0.39 is 5.56 Å². The number of amides is 2. The molecule has 0 fully saturated rings. The fourth-order valence-electron chi connectivity index (χ4n) is 5.85. The molecule has 2 amide bonds. The second kappa shape index (κ2) is 11.5. The van der Waals surface area contributed by atoms with Gasteiger partial charge in [-0.2, -0.15) is 0 Å². The van der Waals surface area contributed by atoms with Gasteiger partial charge in [0, 0.05) is 43.3 Å². The van der Waals surface area contributed by atoms with Gasteiger partial charge < -0.3 is 23.1 Å². The highest BCUT2D eigenvalue weighted by Crippen LogP contribution is 2.38. The van der Waals surface area contributed by atoms with E-state index in [-0.39, 0.29) is 22.6 Å². The molecule has 0 radical (unpaired) electrons. The van der Waals surface area contributed by atoms with Crippen molar-refractivity contribution in [3.8, 4) is 5.88 Å². The average molecular weight is 582 g/mol. The Kier molecular flexibility index (Phi) is 8.68. The summed E-state index contributed by atoms with van der Waals surface area (Å²) in [5, 5.41) is 14.5. The van der Waals surface area contributed by atoms with Crippen LogP contribution in [0, 0.1) is 0 Å². The number of nitrogens with one attached hydrogen (secondary N) is 1. The predicted molar refractivity (Wildman–Crippen MR) is 165 cm³/mol. The number of carbonyl (C=O) groups is 2. The van der Waals surface area contributed by atoms with Gasteiger partial charge in [0.1, 0.15) is 0 Å². The standard InChI is InChI=1S/C32H48N6O4/c1-36(2,3)18-10-15-33-25-21-24-26-22(29(39)34(31(24)41)16-11-19-37(4,5)6)13-14-23-27(26)28(25)32(42)35(30(23)40)17-12-20-38(7,8)9/h13-14,21H,10-12,15-20H2,1-9H3/q+2/p+1. The molecule has 1 aliphatic carbocycles. The van der Waals surface area contributed by atoms with E-state index in [9.17, 15) is 19.5 Å². The number of hydrogen-bond donors (Lipinski definition) is 1. The zero-order valence-electron chi connectivity index (χ0n) is 27.0. The second-order valence-electron chi connectivity index (χ2n) is 14.9. The molecule has 228 valence electrons. The van der Waals surface area contributed by atoms with Gasteiger partial charge in [0.2, 0.25) is 0 Å². The van der Waals surface area contributed by atoms with Crippen LogP contribution in [0.15, 0.2) is 28.0 Å². The molecule has 2 aromatic rings. The molecule has 1 aliphatic heterocycles. The summed E-state index contributed by atoms with van der Waals surface area (Å²) in [7, 11) is 18.8. The normalized spacial score (nSPS) is 18.3. The van der Waals surface area contributed by atoms with Gasteiger partial charge >= 0.3 is 11.8 Å². The maximum absolute atomic E-state index is 14.0. The third kappa shape index (κ3) is 6.72. The maximum Gasteiger partial charge on any atom is 0.352 e. The Hall–Kier alpha value is -3.18. The number of quaternary nitrogens is 4. The Balaban J connectivity index is 1.86. The molecule has 2 aliphatic rings. The van der Waals surface area contributed by atoms with Gasteiger partial charge in [-0.25, -0.2) is 14.5 Å². The molecule has 0 saturated carbocycles. The SMILES string of the molecule is C[N+](C)(C)CCCN=C1C=C2C(=O)[NH+](CCC[N+](C)(C)C)C(=O)c3ccc4c([O-])n(CCC[N+](C)(C)C)c(=O)c1c4c32. The number of allylic oxidation sites excluding steroid dienone is 1. The summed E-state index contributed by atoms with van der Waals surface area (Å²) in [4.78, 5) is 46.7. The first-order valence-corrected chi connectivity index (χ1v) is 14.9.